The van der Waals surface area contributed by atoms with E-state index in [1.807, 2.05) is 18.2 Å². The third-order valence-corrected chi connectivity index (χ3v) is 3.63. The van der Waals surface area contributed by atoms with Crippen LogP contribution in [0.3, 0.4) is 0 Å². The van der Waals surface area contributed by atoms with E-state index in [-0.39, 0.29) is 0 Å². The second-order valence-electron chi connectivity index (χ2n) is 5.12. The maximum Gasteiger partial charge on any atom is 0.135 e. The molecule has 0 bridgehead atoms. The van der Waals surface area contributed by atoms with Crippen LogP contribution < -0.4 is 15.2 Å². The Balaban J connectivity index is 1.94. The van der Waals surface area contributed by atoms with Crippen molar-refractivity contribution >= 4 is 0 Å². The number of piperidine rings is 1. The fourth-order valence-electron chi connectivity index (χ4n) is 2.47. The highest BCUT2D eigenvalue weighted by atomic mass is 16.5. The van der Waals surface area contributed by atoms with Gasteiger partial charge in [-0.1, -0.05) is 18.3 Å². The summed E-state index contributed by atoms with van der Waals surface area (Å²) >= 11 is 0. The lowest BCUT2D eigenvalue weighted by atomic mass is 10.1. The van der Waals surface area contributed by atoms with Crippen molar-refractivity contribution in [3.8, 4) is 23.3 Å². The number of methoxy groups -OCH3 is 1. The molecule has 0 atom stereocenters. The number of ether oxygens (including phenoxy) is 2. The van der Waals surface area contributed by atoms with Gasteiger partial charge in [0.1, 0.15) is 18.1 Å². The third-order valence-electron chi connectivity index (χ3n) is 3.63. The van der Waals surface area contributed by atoms with E-state index in [0.29, 0.717) is 13.2 Å². The molecule has 0 unspecified atom stereocenters. The largest absolute Gasteiger partial charge is 0.497 e. The van der Waals surface area contributed by atoms with Crippen LogP contribution in [0.4, 0.5) is 0 Å². The maximum absolute atomic E-state index is 5.90. The summed E-state index contributed by atoms with van der Waals surface area (Å²) in [5.41, 5.74) is 6.27. The van der Waals surface area contributed by atoms with Gasteiger partial charge in [-0.25, -0.2) is 0 Å². The summed E-state index contributed by atoms with van der Waals surface area (Å²) in [5.74, 6) is 7.49. The predicted molar refractivity (Wildman–Crippen MR) is 84.7 cm³/mol. The van der Waals surface area contributed by atoms with Crippen molar-refractivity contribution in [3.05, 3.63) is 23.8 Å². The molecule has 21 heavy (non-hydrogen) atoms. The van der Waals surface area contributed by atoms with Crippen LogP contribution in [-0.4, -0.2) is 44.8 Å². The SMILES string of the molecule is COc1ccc(OCCN2CCCCC2)c(C#CCN)c1. The summed E-state index contributed by atoms with van der Waals surface area (Å²) in [4.78, 5) is 2.46. The van der Waals surface area contributed by atoms with E-state index in [1.165, 1.54) is 32.4 Å². The Morgan fingerprint density at radius 1 is 1.24 bits per heavy atom. The average Bonchev–Trinajstić information content (AvgIpc) is 2.54. The van der Waals surface area contributed by atoms with Crippen LogP contribution >= 0.6 is 0 Å². The molecule has 4 heteroatoms. The van der Waals surface area contributed by atoms with Crippen molar-refractivity contribution in [3.63, 3.8) is 0 Å². The Kier molecular flexibility index (Phi) is 6.39. The first-order chi connectivity index (χ1) is 10.3. The molecule has 1 heterocycles. The van der Waals surface area contributed by atoms with Gasteiger partial charge in [-0.3, -0.25) is 4.90 Å². The van der Waals surface area contributed by atoms with Crippen molar-refractivity contribution in [2.24, 2.45) is 5.73 Å². The van der Waals surface area contributed by atoms with Crippen LogP contribution in [0.1, 0.15) is 24.8 Å². The van der Waals surface area contributed by atoms with Gasteiger partial charge in [-0.05, 0) is 44.1 Å². The third kappa shape index (κ3) is 4.96. The minimum Gasteiger partial charge on any atom is -0.497 e. The Labute approximate surface area is 127 Å². The van der Waals surface area contributed by atoms with Gasteiger partial charge in [0.05, 0.1) is 19.2 Å². The molecule has 0 saturated carbocycles. The van der Waals surface area contributed by atoms with E-state index in [2.05, 4.69) is 16.7 Å². The zero-order valence-electron chi connectivity index (χ0n) is 12.7. The molecule has 1 aromatic carbocycles. The molecule has 1 saturated heterocycles. The monoisotopic (exact) mass is 288 g/mol. The minimum atomic E-state index is 0.338. The molecule has 114 valence electrons. The predicted octanol–water partition coefficient (Wildman–Crippen LogP) is 1.87. The Morgan fingerprint density at radius 3 is 2.76 bits per heavy atom. The molecule has 0 spiro atoms. The van der Waals surface area contributed by atoms with Crippen LogP contribution in [0.25, 0.3) is 0 Å². The molecule has 0 radical (unpaired) electrons. The normalized spacial score (nSPS) is 15.1. The van der Waals surface area contributed by atoms with E-state index < -0.39 is 0 Å². The molecule has 1 fully saturated rings. The van der Waals surface area contributed by atoms with Crippen LogP contribution in [0.2, 0.25) is 0 Å². The fraction of sp³-hybridized carbons (Fsp3) is 0.529. The van der Waals surface area contributed by atoms with Gasteiger partial charge >= 0.3 is 0 Å². The van der Waals surface area contributed by atoms with E-state index >= 15 is 0 Å². The summed E-state index contributed by atoms with van der Waals surface area (Å²) in [6, 6.07) is 5.69. The minimum absolute atomic E-state index is 0.338. The van der Waals surface area contributed by atoms with E-state index in [9.17, 15) is 0 Å². The first-order valence-corrected chi connectivity index (χ1v) is 7.55. The van der Waals surface area contributed by atoms with Gasteiger partial charge in [0.25, 0.3) is 0 Å². The smallest absolute Gasteiger partial charge is 0.135 e. The lowest BCUT2D eigenvalue weighted by molar-refractivity contribution is 0.183. The molecule has 0 aromatic heterocycles. The number of nitrogens with zero attached hydrogens (tertiary/aromatic N) is 1. The molecule has 1 aliphatic rings. The van der Waals surface area contributed by atoms with Crippen molar-refractivity contribution in [2.75, 3.05) is 39.9 Å². The Morgan fingerprint density at radius 2 is 2.05 bits per heavy atom. The lowest BCUT2D eigenvalue weighted by Crippen LogP contribution is -2.33. The van der Waals surface area contributed by atoms with Gasteiger partial charge < -0.3 is 15.2 Å². The van der Waals surface area contributed by atoms with Gasteiger partial charge in [0.2, 0.25) is 0 Å². The van der Waals surface area contributed by atoms with Gasteiger partial charge in [-0.2, -0.15) is 0 Å². The summed E-state index contributed by atoms with van der Waals surface area (Å²) in [5, 5.41) is 0. The second-order valence-corrected chi connectivity index (χ2v) is 5.12. The molecule has 0 amide bonds. The van der Waals surface area contributed by atoms with Crippen molar-refractivity contribution < 1.29 is 9.47 Å². The Hall–Kier alpha value is -1.70. The second kappa shape index (κ2) is 8.56. The first-order valence-electron chi connectivity index (χ1n) is 7.55. The standard InChI is InChI=1S/C17H24N2O2/c1-20-16-7-8-17(15(14-16)6-5-9-18)21-13-12-19-10-3-2-4-11-19/h7-8,14H,2-4,9-13,18H2,1H3. The van der Waals surface area contributed by atoms with Gasteiger partial charge in [-0.15, -0.1) is 0 Å². The van der Waals surface area contributed by atoms with Crippen LogP contribution in [-0.2, 0) is 0 Å². The highest BCUT2D eigenvalue weighted by molar-refractivity contribution is 5.50. The molecule has 1 aliphatic heterocycles. The molecule has 2 rings (SSSR count). The van der Waals surface area contributed by atoms with E-state index in [0.717, 1.165) is 23.6 Å². The number of benzene rings is 1. The molecular weight excluding hydrogens is 264 g/mol. The molecule has 0 aliphatic carbocycles. The average molecular weight is 288 g/mol. The van der Waals surface area contributed by atoms with Crippen LogP contribution in [0.15, 0.2) is 18.2 Å². The quantitative estimate of drug-likeness (QED) is 0.840. The fourth-order valence-corrected chi connectivity index (χ4v) is 2.47. The molecule has 2 N–H and O–H groups in total. The molecule has 4 nitrogen and oxygen atoms in total. The van der Waals surface area contributed by atoms with Crippen molar-refractivity contribution in [2.45, 2.75) is 19.3 Å². The lowest BCUT2D eigenvalue weighted by Gasteiger charge is -2.26. The van der Waals surface area contributed by atoms with Gasteiger partial charge in [0, 0.05) is 6.54 Å². The van der Waals surface area contributed by atoms with Crippen LogP contribution in [0.5, 0.6) is 11.5 Å². The highest BCUT2D eigenvalue weighted by Gasteiger charge is 2.10. The zero-order valence-corrected chi connectivity index (χ0v) is 12.7. The molecule has 1 aromatic rings. The number of rotatable bonds is 5. The summed E-state index contributed by atoms with van der Waals surface area (Å²) < 4.78 is 11.1. The summed E-state index contributed by atoms with van der Waals surface area (Å²) in [6.45, 7) is 4.36. The topological polar surface area (TPSA) is 47.7 Å². The zero-order chi connectivity index (χ0) is 14.9. The molecular formula is C17H24N2O2. The number of hydrogen-bond acceptors (Lipinski definition) is 4. The number of hydrogen-bond donors (Lipinski definition) is 1. The number of likely N-dealkylation sites (tertiary alicyclic amines) is 1. The van der Waals surface area contributed by atoms with Gasteiger partial charge in [0.15, 0.2) is 0 Å². The first kappa shape index (κ1) is 15.7. The maximum atomic E-state index is 5.90. The summed E-state index contributed by atoms with van der Waals surface area (Å²) in [6.07, 6.45) is 3.96. The van der Waals surface area contributed by atoms with E-state index in [1.54, 1.807) is 7.11 Å². The van der Waals surface area contributed by atoms with Crippen molar-refractivity contribution in [1.29, 1.82) is 0 Å². The van der Waals surface area contributed by atoms with Crippen molar-refractivity contribution in [1.82, 2.24) is 4.90 Å². The summed E-state index contributed by atoms with van der Waals surface area (Å²) in [7, 11) is 1.65. The highest BCUT2D eigenvalue weighted by Crippen LogP contribution is 2.23. The number of nitrogens with two attached hydrogens (primary N) is 1. The van der Waals surface area contributed by atoms with Crippen LogP contribution in [0, 0.1) is 11.8 Å². The Bertz CT molecular complexity index is 499. The van der Waals surface area contributed by atoms with E-state index in [4.69, 9.17) is 15.2 Å².